The van der Waals surface area contributed by atoms with E-state index in [-0.39, 0.29) is 24.1 Å². The largest absolute Gasteiger partial charge is 0.430 e. The van der Waals surface area contributed by atoms with Gasteiger partial charge in [-0.15, -0.1) is 0 Å². The average molecular weight is 571 g/mol. The van der Waals surface area contributed by atoms with Crippen molar-refractivity contribution in [1.29, 1.82) is 0 Å². The summed E-state index contributed by atoms with van der Waals surface area (Å²) in [5.41, 5.74) is -2.48. The Morgan fingerprint density at radius 2 is 1.61 bits per heavy atom. The smallest absolute Gasteiger partial charge is 0.369 e. The molecule has 8 nitrogen and oxygen atoms in total. The summed E-state index contributed by atoms with van der Waals surface area (Å²) >= 11 is 0. The van der Waals surface area contributed by atoms with Crippen LogP contribution in [0.3, 0.4) is 0 Å². The second-order valence-corrected chi connectivity index (χ2v) is 10.3. The number of halogens is 7. The molecule has 1 heterocycles. The van der Waals surface area contributed by atoms with Gasteiger partial charge < -0.3 is 16.2 Å². The molecule has 1 aliphatic rings. The third kappa shape index (κ3) is 5.41. The molecular weight excluding hydrogens is 551 g/mol. The Morgan fingerprint density at radius 3 is 2.13 bits per heavy atom. The molecule has 208 valence electrons. The van der Waals surface area contributed by atoms with Gasteiger partial charge in [-0.1, -0.05) is 12.1 Å². The second kappa shape index (κ2) is 10.1. The second-order valence-electron chi connectivity index (χ2n) is 8.44. The minimum atomic E-state index is -6.16. The highest BCUT2D eigenvalue weighted by Gasteiger charge is 2.71. The zero-order valence-electron chi connectivity index (χ0n) is 19.1. The van der Waals surface area contributed by atoms with Gasteiger partial charge in [0, 0.05) is 12.0 Å². The number of fused-ring (bicyclic) bond motifs is 1. The van der Waals surface area contributed by atoms with Crippen LogP contribution in [0, 0.1) is 5.82 Å². The Labute approximate surface area is 211 Å². The molecule has 1 atom stereocenters. The average Bonchev–Trinajstić information content (AvgIpc) is 2.80. The van der Waals surface area contributed by atoms with Crippen molar-refractivity contribution in [1.82, 2.24) is 5.32 Å². The molecule has 0 saturated carbocycles. The van der Waals surface area contributed by atoms with Crippen LogP contribution in [-0.2, 0) is 31.6 Å². The van der Waals surface area contributed by atoms with Crippen LogP contribution in [0.25, 0.3) is 0 Å². The third-order valence-electron chi connectivity index (χ3n) is 5.88. The van der Waals surface area contributed by atoms with Crippen LogP contribution in [0.4, 0.5) is 36.4 Å². The number of sulfonamides is 1. The molecule has 16 heteroatoms. The van der Waals surface area contributed by atoms with Gasteiger partial charge in [0.15, 0.2) is 0 Å². The van der Waals surface area contributed by atoms with Crippen molar-refractivity contribution in [3.8, 4) is 0 Å². The van der Waals surface area contributed by atoms with Crippen molar-refractivity contribution >= 4 is 27.5 Å². The van der Waals surface area contributed by atoms with Gasteiger partial charge in [-0.3, -0.25) is 13.9 Å². The van der Waals surface area contributed by atoms with E-state index in [1.807, 2.05) is 0 Å². The van der Waals surface area contributed by atoms with Gasteiger partial charge in [-0.2, -0.15) is 26.3 Å². The highest BCUT2D eigenvalue weighted by molar-refractivity contribution is 7.92. The SMILES string of the molecule is NC(=O)CNC(=O)CC1CCc2cc(C(O)(C(F)(F)F)C(F)(F)F)ccc2N1S(=O)(=O)c1ccc(F)cc1. The molecule has 1 aliphatic heterocycles. The first kappa shape index (κ1) is 29.2. The number of nitrogens with one attached hydrogen (secondary N) is 1. The number of primary amides is 1. The summed E-state index contributed by atoms with van der Waals surface area (Å²) in [6, 6.07) is 3.61. The fourth-order valence-corrected chi connectivity index (χ4v) is 5.77. The predicted octanol–water partition coefficient (Wildman–Crippen LogP) is 2.64. The number of alkyl halides is 6. The minimum absolute atomic E-state index is 0.239. The predicted molar refractivity (Wildman–Crippen MR) is 117 cm³/mol. The quantitative estimate of drug-likeness (QED) is 0.440. The summed E-state index contributed by atoms with van der Waals surface area (Å²) in [6.07, 6.45) is -13.4. The molecule has 2 aromatic carbocycles. The normalized spacial score (nSPS) is 16.6. The molecule has 0 bridgehead atoms. The van der Waals surface area contributed by atoms with E-state index >= 15 is 0 Å². The zero-order valence-corrected chi connectivity index (χ0v) is 19.9. The summed E-state index contributed by atoms with van der Waals surface area (Å²) in [6.45, 7) is -0.566. The van der Waals surface area contributed by atoms with Gasteiger partial charge in [-0.25, -0.2) is 12.8 Å². The molecule has 0 saturated heterocycles. The Bertz CT molecular complexity index is 1310. The molecule has 0 radical (unpaired) electrons. The van der Waals surface area contributed by atoms with E-state index in [9.17, 15) is 53.8 Å². The van der Waals surface area contributed by atoms with E-state index in [0.29, 0.717) is 22.5 Å². The van der Waals surface area contributed by atoms with Gasteiger partial charge in [0.2, 0.25) is 11.8 Å². The molecule has 0 fully saturated rings. The van der Waals surface area contributed by atoms with Crippen molar-refractivity contribution in [2.24, 2.45) is 5.73 Å². The van der Waals surface area contributed by atoms with E-state index in [1.54, 1.807) is 0 Å². The molecule has 38 heavy (non-hydrogen) atoms. The molecule has 0 spiro atoms. The number of rotatable bonds is 7. The lowest BCUT2D eigenvalue weighted by Gasteiger charge is -2.39. The fraction of sp³-hybridized carbons (Fsp3) is 0.364. The summed E-state index contributed by atoms with van der Waals surface area (Å²) < 4.78 is 121. The molecular formula is C22H20F7N3O5S. The lowest BCUT2D eigenvalue weighted by atomic mass is 9.87. The van der Waals surface area contributed by atoms with Gasteiger partial charge in [0.25, 0.3) is 15.6 Å². The number of hydrogen-bond donors (Lipinski definition) is 3. The van der Waals surface area contributed by atoms with Crippen LogP contribution in [0.15, 0.2) is 47.4 Å². The van der Waals surface area contributed by atoms with Gasteiger partial charge >= 0.3 is 12.4 Å². The topological polar surface area (TPSA) is 130 Å². The summed E-state index contributed by atoms with van der Waals surface area (Å²) in [5, 5.41) is 11.9. The van der Waals surface area contributed by atoms with Crippen LogP contribution in [-0.4, -0.2) is 50.3 Å². The highest BCUT2D eigenvalue weighted by atomic mass is 32.2. The number of nitrogens with zero attached hydrogens (tertiary/aromatic N) is 1. The number of carbonyl (C=O) groups excluding carboxylic acids is 2. The first-order valence-corrected chi connectivity index (χ1v) is 12.2. The molecule has 2 amide bonds. The minimum Gasteiger partial charge on any atom is -0.369 e. The number of nitrogens with two attached hydrogens (primary N) is 1. The molecule has 0 aliphatic carbocycles. The number of aryl methyl sites for hydroxylation is 1. The number of amides is 2. The lowest BCUT2D eigenvalue weighted by molar-refractivity contribution is -0.376. The standard InChI is InChI=1S/C22H20F7N3O5S/c23-14-3-6-16(7-4-14)38(36,37)32-15(10-19(34)31-11-18(30)33)5-1-12-9-13(2-8-17(12)32)20(35,21(24,25)26)22(27,28)29/h2-4,6-9,15,35H,1,5,10-11H2,(H2,30,33)(H,31,34). The van der Waals surface area contributed by atoms with E-state index in [0.717, 1.165) is 24.3 Å². The molecule has 4 N–H and O–H groups in total. The maximum Gasteiger partial charge on any atom is 0.430 e. The number of anilines is 1. The van der Waals surface area contributed by atoms with E-state index < -0.39 is 75.1 Å². The summed E-state index contributed by atoms with van der Waals surface area (Å²) in [5.74, 6) is -2.48. The van der Waals surface area contributed by atoms with Gasteiger partial charge in [-0.05, 0) is 48.7 Å². The van der Waals surface area contributed by atoms with Crippen molar-refractivity contribution in [3.05, 3.63) is 59.4 Å². The first-order valence-electron chi connectivity index (χ1n) is 10.7. The van der Waals surface area contributed by atoms with E-state index in [1.165, 1.54) is 0 Å². The third-order valence-corrected chi connectivity index (χ3v) is 7.77. The highest BCUT2D eigenvalue weighted by Crippen LogP contribution is 2.51. The Morgan fingerprint density at radius 1 is 1.03 bits per heavy atom. The maximum absolute atomic E-state index is 13.5. The van der Waals surface area contributed by atoms with Crippen LogP contribution in [0.5, 0.6) is 0 Å². The van der Waals surface area contributed by atoms with Crippen LogP contribution in [0.2, 0.25) is 0 Å². The summed E-state index contributed by atoms with van der Waals surface area (Å²) in [4.78, 5) is 22.8. The van der Waals surface area contributed by atoms with Gasteiger partial charge in [0.05, 0.1) is 23.2 Å². The van der Waals surface area contributed by atoms with Crippen molar-refractivity contribution in [2.45, 2.75) is 48.2 Å². The molecule has 3 rings (SSSR count). The number of hydrogen-bond acceptors (Lipinski definition) is 5. The van der Waals surface area contributed by atoms with Crippen molar-refractivity contribution < 1.29 is 53.8 Å². The summed E-state index contributed by atoms with van der Waals surface area (Å²) in [7, 11) is -4.64. The first-order chi connectivity index (χ1) is 17.4. The Kier molecular flexibility index (Phi) is 7.71. The Hall–Kier alpha value is -3.40. The number of benzene rings is 2. The Balaban J connectivity index is 2.14. The van der Waals surface area contributed by atoms with E-state index in [2.05, 4.69) is 5.32 Å². The van der Waals surface area contributed by atoms with Crippen molar-refractivity contribution in [3.63, 3.8) is 0 Å². The maximum atomic E-state index is 13.5. The van der Waals surface area contributed by atoms with E-state index in [4.69, 9.17) is 5.73 Å². The fourth-order valence-electron chi connectivity index (χ4n) is 4.05. The van der Waals surface area contributed by atoms with Gasteiger partial charge in [0.1, 0.15) is 5.82 Å². The van der Waals surface area contributed by atoms with Crippen LogP contribution >= 0.6 is 0 Å². The van der Waals surface area contributed by atoms with Crippen LogP contribution < -0.4 is 15.4 Å². The molecule has 0 aromatic heterocycles. The van der Waals surface area contributed by atoms with Crippen LogP contribution in [0.1, 0.15) is 24.0 Å². The monoisotopic (exact) mass is 571 g/mol. The molecule has 1 unspecified atom stereocenters. The van der Waals surface area contributed by atoms with Crippen molar-refractivity contribution in [2.75, 3.05) is 10.8 Å². The molecule has 2 aromatic rings. The lowest BCUT2D eigenvalue weighted by Crippen LogP contribution is -2.54. The number of aliphatic hydroxyl groups is 1. The zero-order chi connectivity index (χ0) is 28.7. The number of carbonyl (C=O) groups is 2.